The van der Waals surface area contributed by atoms with Gasteiger partial charge in [-0.1, -0.05) is 29.8 Å². The molecular formula is C19H16ClF3N6O. The van der Waals surface area contributed by atoms with E-state index in [1.54, 1.807) is 30.3 Å². The van der Waals surface area contributed by atoms with Crippen LogP contribution in [-0.2, 0) is 6.18 Å². The van der Waals surface area contributed by atoms with Crippen molar-refractivity contribution in [3.05, 3.63) is 70.9 Å². The van der Waals surface area contributed by atoms with Gasteiger partial charge >= 0.3 is 6.18 Å². The summed E-state index contributed by atoms with van der Waals surface area (Å²) in [4.78, 5) is 20.0. The summed E-state index contributed by atoms with van der Waals surface area (Å²) in [6.45, 7) is -0.0179. The van der Waals surface area contributed by atoms with Gasteiger partial charge in [-0.3, -0.25) is 4.79 Å². The summed E-state index contributed by atoms with van der Waals surface area (Å²) >= 11 is 6.03. The highest BCUT2D eigenvalue weighted by Crippen LogP contribution is 2.37. The van der Waals surface area contributed by atoms with Gasteiger partial charge in [0.05, 0.1) is 24.1 Å². The molecule has 3 rings (SSSR count). The molecule has 0 aliphatic heterocycles. The van der Waals surface area contributed by atoms with Gasteiger partial charge in [0.25, 0.3) is 5.91 Å². The Morgan fingerprint density at radius 2 is 1.87 bits per heavy atom. The van der Waals surface area contributed by atoms with Gasteiger partial charge in [0.15, 0.2) is 5.82 Å². The third kappa shape index (κ3) is 5.29. The van der Waals surface area contributed by atoms with E-state index in [4.69, 9.17) is 17.3 Å². The molecule has 0 unspecified atom stereocenters. The van der Waals surface area contributed by atoms with Crippen LogP contribution in [-0.4, -0.2) is 22.5 Å². The van der Waals surface area contributed by atoms with E-state index in [1.807, 2.05) is 0 Å². The first kappa shape index (κ1) is 21.2. The largest absolute Gasteiger partial charge is 0.418 e. The summed E-state index contributed by atoms with van der Waals surface area (Å²) in [5.74, 6) is -0.325. The number of alkyl halides is 3. The van der Waals surface area contributed by atoms with Crippen LogP contribution in [0.25, 0.3) is 0 Å². The van der Waals surface area contributed by atoms with Gasteiger partial charge in [-0.05, 0) is 30.3 Å². The number of aromatic nitrogens is 2. The Morgan fingerprint density at radius 1 is 1.13 bits per heavy atom. The van der Waals surface area contributed by atoms with E-state index in [0.29, 0.717) is 5.56 Å². The first-order valence-corrected chi connectivity index (χ1v) is 8.95. The topological polar surface area (TPSA) is 105 Å². The zero-order valence-corrected chi connectivity index (χ0v) is 16.1. The fourth-order valence-corrected chi connectivity index (χ4v) is 2.64. The Balaban J connectivity index is 1.72. The number of halogens is 4. The molecule has 1 aromatic heterocycles. The summed E-state index contributed by atoms with van der Waals surface area (Å²) < 4.78 is 39.6. The van der Waals surface area contributed by atoms with Gasteiger partial charge in [-0.2, -0.15) is 18.2 Å². The molecule has 0 saturated heterocycles. The highest BCUT2D eigenvalue weighted by atomic mass is 35.5. The van der Waals surface area contributed by atoms with Crippen molar-refractivity contribution in [2.75, 3.05) is 23.0 Å². The average molecular weight is 437 g/mol. The van der Waals surface area contributed by atoms with Crippen LogP contribution in [0.1, 0.15) is 15.9 Å². The highest BCUT2D eigenvalue weighted by Gasteiger charge is 2.33. The predicted octanol–water partition coefficient (Wildman–Crippen LogP) is 4.27. The maximum atomic E-state index is 13.2. The predicted molar refractivity (Wildman–Crippen MR) is 109 cm³/mol. The molecule has 0 fully saturated rings. The molecule has 1 heterocycles. The lowest BCUT2D eigenvalue weighted by molar-refractivity contribution is -0.136. The molecule has 156 valence electrons. The van der Waals surface area contributed by atoms with Crippen molar-refractivity contribution in [3.8, 4) is 0 Å². The Morgan fingerprint density at radius 3 is 2.57 bits per heavy atom. The Hall–Kier alpha value is -3.53. The van der Waals surface area contributed by atoms with Crippen LogP contribution in [0.15, 0.2) is 54.7 Å². The van der Waals surface area contributed by atoms with Gasteiger partial charge in [-0.15, -0.1) is 0 Å². The van der Waals surface area contributed by atoms with Crippen molar-refractivity contribution in [2.45, 2.75) is 6.18 Å². The van der Waals surface area contributed by atoms with Gasteiger partial charge in [-0.25, -0.2) is 4.98 Å². The molecule has 0 radical (unpaired) electrons. The fourth-order valence-electron chi connectivity index (χ4n) is 2.48. The molecular weight excluding hydrogens is 421 g/mol. The third-order valence-electron chi connectivity index (χ3n) is 3.88. The summed E-state index contributed by atoms with van der Waals surface area (Å²) in [6, 6.07) is 11.7. The molecule has 0 aliphatic rings. The van der Waals surface area contributed by atoms with Gasteiger partial charge in [0.1, 0.15) is 5.02 Å². The molecule has 0 saturated carbocycles. The van der Waals surface area contributed by atoms with E-state index < -0.39 is 11.7 Å². The molecule has 1 amide bonds. The number of benzene rings is 2. The van der Waals surface area contributed by atoms with Gasteiger partial charge in [0, 0.05) is 11.3 Å². The number of nitrogens with two attached hydrogens (primary N) is 1. The van der Waals surface area contributed by atoms with Gasteiger partial charge in [0.2, 0.25) is 5.95 Å². The fraction of sp³-hybridized carbons (Fsp3) is 0.105. The van der Waals surface area contributed by atoms with Gasteiger partial charge < -0.3 is 21.7 Å². The number of carbonyl (C=O) groups excluding carboxylic acids is 1. The number of nitrogen functional groups attached to an aromatic ring is 1. The number of carbonyl (C=O) groups is 1. The van der Waals surface area contributed by atoms with E-state index in [0.717, 1.165) is 18.2 Å². The Bertz CT molecular complexity index is 1050. The number of amides is 1. The standard InChI is InChI=1S/C19H16ClF3N6O/c20-14-9-25-18(28-15-8-12(24)6-7-13(15)19(21,22)23)29-16(14)26-10-27-17(30)11-4-2-1-3-5-11/h1-9H,10,24H2,(H,27,30)(H2,25,26,28,29). The molecule has 7 nitrogen and oxygen atoms in total. The van der Waals surface area contributed by atoms with E-state index >= 15 is 0 Å². The van der Waals surface area contributed by atoms with Crippen molar-refractivity contribution in [1.82, 2.24) is 15.3 Å². The first-order valence-electron chi connectivity index (χ1n) is 8.57. The smallest absolute Gasteiger partial charge is 0.399 e. The van der Waals surface area contributed by atoms with Crippen LogP contribution < -0.4 is 21.7 Å². The van der Waals surface area contributed by atoms with Crippen LogP contribution in [0.4, 0.5) is 36.3 Å². The van der Waals surface area contributed by atoms with Crippen molar-refractivity contribution in [2.24, 2.45) is 0 Å². The third-order valence-corrected chi connectivity index (χ3v) is 4.16. The monoisotopic (exact) mass is 436 g/mol. The quantitative estimate of drug-likeness (QED) is 0.339. The lowest BCUT2D eigenvalue weighted by Gasteiger charge is -2.15. The molecule has 3 aromatic rings. The maximum Gasteiger partial charge on any atom is 0.418 e. The highest BCUT2D eigenvalue weighted by molar-refractivity contribution is 6.32. The van der Waals surface area contributed by atoms with Crippen molar-refractivity contribution in [1.29, 1.82) is 0 Å². The van der Waals surface area contributed by atoms with Crippen LogP contribution in [0.5, 0.6) is 0 Å². The summed E-state index contributed by atoms with van der Waals surface area (Å²) in [6.07, 6.45) is -3.37. The molecule has 0 aliphatic carbocycles. The molecule has 0 bridgehead atoms. The minimum Gasteiger partial charge on any atom is -0.399 e. The molecule has 2 aromatic carbocycles. The van der Waals surface area contributed by atoms with E-state index in [2.05, 4.69) is 25.9 Å². The summed E-state index contributed by atoms with van der Waals surface area (Å²) in [5.41, 5.74) is 4.99. The van der Waals surface area contributed by atoms with Crippen LogP contribution in [0.3, 0.4) is 0 Å². The van der Waals surface area contributed by atoms with Crippen molar-refractivity contribution >= 4 is 40.6 Å². The normalized spacial score (nSPS) is 11.1. The maximum absolute atomic E-state index is 13.2. The molecule has 11 heteroatoms. The molecule has 30 heavy (non-hydrogen) atoms. The summed E-state index contributed by atoms with van der Waals surface area (Å²) in [5, 5.41) is 8.05. The first-order chi connectivity index (χ1) is 14.2. The Labute approximate surface area is 174 Å². The SMILES string of the molecule is Nc1ccc(C(F)(F)F)c(Nc2ncc(Cl)c(NCNC(=O)c3ccccc3)n2)c1. The number of anilines is 4. The lowest BCUT2D eigenvalue weighted by Crippen LogP contribution is -2.29. The van der Waals surface area contributed by atoms with E-state index in [-0.39, 0.29) is 40.7 Å². The molecule has 0 spiro atoms. The second-order valence-corrected chi connectivity index (χ2v) is 6.45. The molecule has 0 atom stereocenters. The number of nitrogens with zero attached hydrogens (tertiary/aromatic N) is 2. The van der Waals surface area contributed by atoms with Crippen LogP contribution in [0.2, 0.25) is 5.02 Å². The lowest BCUT2D eigenvalue weighted by atomic mass is 10.1. The van der Waals surface area contributed by atoms with Crippen LogP contribution >= 0.6 is 11.6 Å². The zero-order valence-electron chi connectivity index (χ0n) is 15.3. The van der Waals surface area contributed by atoms with E-state index in [1.165, 1.54) is 6.20 Å². The summed E-state index contributed by atoms with van der Waals surface area (Å²) in [7, 11) is 0. The minimum atomic E-state index is -4.59. The second-order valence-electron chi connectivity index (χ2n) is 6.04. The average Bonchev–Trinajstić information content (AvgIpc) is 2.70. The number of nitrogens with one attached hydrogen (secondary N) is 3. The van der Waals surface area contributed by atoms with Crippen molar-refractivity contribution in [3.63, 3.8) is 0 Å². The second kappa shape index (κ2) is 8.87. The Kier molecular flexibility index (Phi) is 6.26. The zero-order chi connectivity index (χ0) is 21.7. The van der Waals surface area contributed by atoms with Crippen LogP contribution in [0, 0.1) is 0 Å². The van der Waals surface area contributed by atoms with Crippen molar-refractivity contribution < 1.29 is 18.0 Å². The minimum absolute atomic E-state index is 0.0179. The number of hydrogen-bond donors (Lipinski definition) is 4. The number of hydrogen-bond acceptors (Lipinski definition) is 6. The molecule has 5 N–H and O–H groups in total. The van der Waals surface area contributed by atoms with E-state index in [9.17, 15) is 18.0 Å². The number of rotatable bonds is 6.